The Morgan fingerprint density at radius 3 is 2.86 bits per heavy atom. The number of esters is 1. The minimum Gasteiger partial charge on any atom is -0.478 e. The van der Waals surface area contributed by atoms with Gasteiger partial charge in [-0.2, -0.15) is 5.26 Å². The van der Waals surface area contributed by atoms with E-state index in [1.807, 2.05) is 6.07 Å². The van der Waals surface area contributed by atoms with Gasteiger partial charge in [-0.25, -0.2) is 4.79 Å². The van der Waals surface area contributed by atoms with Crippen LogP contribution >= 0.6 is 0 Å². The molecule has 72 valence electrons. The first-order valence-corrected chi connectivity index (χ1v) is 3.96. The average Bonchev–Trinajstić information content (AvgIpc) is 2.25. The minimum absolute atomic E-state index is 0.0893. The third-order valence-electron chi connectivity index (χ3n) is 1.58. The van der Waals surface area contributed by atoms with Crippen molar-refractivity contribution in [1.29, 1.82) is 5.26 Å². The number of nitriles is 1. The van der Waals surface area contributed by atoms with Crippen molar-refractivity contribution in [1.82, 2.24) is 0 Å². The highest BCUT2D eigenvalue weighted by Gasteiger charge is 2.11. The normalized spacial score (nSPS) is 8.86. The molecule has 1 aromatic rings. The summed E-state index contributed by atoms with van der Waals surface area (Å²) in [4.78, 5) is 11.2. The van der Waals surface area contributed by atoms with Gasteiger partial charge in [0.05, 0.1) is 7.11 Å². The highest BCUT2D eigenvalue weighted by Crippen LogP contribution is 2.18. The molecule has 4 heteroatoms. The van der Waals surface area contributed by atoms with Gasteiger partial charge in [0.15, 0.2) is 6.61 Å². The van der Waals surface area contributed by atoms with Gasteiger partial charge in [-0.3, -0.25) is 0 Å². The summed E-state index contributed by atoms with van der Waals surface area (Å²) in [6.45, 7) is -0.0893. The van der Waals surface area contributed by atoms with Crippen molar-refractivity contribution in [2.24, 2.45) is 0 Å². The monoisotopic (exact) mass is 191 g/mol. The molecular formula is C10H9NO3. The molecule has 4 nitrogen and oxygen atoms in total. The SMILES string of the molecule is COC(=O)c1ccccc1OCC#N. The second-order valence-electron chi connectivity index (χ2n) is 2.43. The van der Waals surface area contributed by atoms with Gasteiger partial charge < -0.3 is 9.47 Å². The predicted octanol–water partition coefficient (Wildman–Crippen LogP) is 1.38. The van der Waals surface area contributed by atoms with E-state index in [0.29, 0.717) is 11.3 Å². The second-order valence-corrected chi connectivity index (χ2v) is 2.43. The molecule has 0 aliphatic carbocycles. The molecule has 0 amide bonds. The molecule has 0 aliphatic heterocycles. The second kappa shape index (κ2) is 4.87. The van der Waals surface area contributed by atoms with Crippen LogP contribution in [0.4, 0.5) is 0 Å². The van der Waals surface area contributed by atoms with Crippen LogP contribution in [0.15, 0.2) is 24.3 Å². The van der Waals surface area contributed by atoms with E-state index in [4.69, 9.17) is 10.00 Å². The lowest BCUT2D eigenvalue weighted by Crippen LogP contribution is -2.05. The molecule has 0 radical (unpaired) electrons. The third kappa shape index (κ3) is 2.23. The largest absolute Gasteiger partial charge is 0.478 e. The van der Waals surface area contributed by atoms with Crippen molar-refractivity contribution in [2.75, 3.05) is 13.7 Å². The van der Waals surface area contributed by atoms with Crippen LogP contribution in [0.2, 0.25) is 0 Å². The van der Waals surface area contributed by atoms with Crippen molar-refractivity contribution < 1.29 is 14.3 Å². The number of benzene rings is 1. The summed E-state index contributed by atoms with van der Waals surface area (Å²) in [5, 5.41) is 8.32. The molecule has 0 atom stereocenters. The summed E-state index contributed by atoms with van der Waals surface area (Å²) in [6.07, 6.45) is 0. The van der Waals surface area contributed by atoms with Gasteiger partial charge in [-0.05, 0) is 12.1 Å². The fraction of sp³-hybridized carbons (Fsp3) is 0.200. The van der Waals surface area contributed by atoms with Crippen molar-refractivity contribution >= 4 is 5.97 Å². The Morgan fingerprint density at radius 1 is 1.50 bits per heavy atom. The van der Waals surface area contributed by atoms with Crippen LogP contribution in [0.1, 0.15) is 10.4 Å². The lowest BCUT2D eigenvalue weighted by atomic mass is 10.2. The molecule has 0 bridgehead atoms. The summed E-state index contributed by atoms with van der Waals surface area (Å²) >= 11 is 0. The number of hydrogen-bond acceptors (Lipinski definition) is 4. The van der Waals surface area contributed by atoms with E-state index in [2.05, 4.69) is 4.74 Å². The fourth-order valence-electron chi connectivity index (χ4n) is 0.981. The van der Waals surface area contributed by atoms with Gasteiger partial charge in [0.2, 0.25) is 0 Å². The number of para-hydroxylation sites is 1. The summed E-state index contributed by atoms with van der Waals surface area (Å²) in [7, 11) is 1.30. The van der Waals surface area contributed by atoms with Crippen LogP contribution in [0.5, 0.6) is 5.75 Å². The number of nitrogens with zero attached hydrogens (tertiary/aromatic N) is 1. The molecule has 0 fully saturated rings. The van der Waals surface area contributed by atoms with Crippen LogP contribution < -0.4 is 4.74 Å². The zero-order valence-electron chi connectivity index (χ0n) is 7.69. The fourth-order valence-corrected chi connectivity index (χ4v) is 0.981. The maximum atomic E-state index is 11.2. The number of methoxy groups -OCH3 is 1. The Morgan fingerprint density at radius 2 is 2.21 bits per heavy atom. The van der Waals surface area contributed by atoms with Crippen LogP contribution in [0.3, 0.4) is 0 Å². The zero-order chi connectivity index (χ0) is 10.4. The standard InChI is InChI=1S/C10H9NO3/c1-13-10(12)8-4-2-3-5-9(8)14-7-6-11/h2-5H,7H2,1H3. The quantitative estimate of drug-likeness (QED) is 0.677. The third-order valence-corrected chi connectivity index (χ3v) is 1.58. The maximum absolute atomic E-state index is 11.2. The van der Waals surface area contributed by atoms with Crippen LogP contribution in [-0.2, 0) is 4.74 Å². The number of rotatable bonds is 3. The molecule has 0 N–H and O–H groups in total. The molecule has 0 saturated carbocycles. The first-order valence-electron chi connectivity index (χ1n) is 3.96. The lowest BCUT2D eigenvalue weighted by Gasteiger charge is -2.06. The van der Waals surface area contributed by atoms with Gasteiger partial charge in [0.1, 0.15) is 17.4 Å². The molecule has 1 rings (SSSR count). The van der Waals surface area contributed by atoms with Gasteiger partial charge in [-0.1, -0.05) is 12.1 Å². The highest BCUT2D eigenvalue weighted by molar-refractivity contribution is 5.92. The maximum Gasteiger partial charge on any atom is 0.341 e. The van der Waals surface area contributed by atoms with Gasteiger partial charge in [0, 0.05) is 0 Å². The van der Waals surface area contributed by atoms with E-state index in [-0.39, 0.29) is 6.61 Å². The van der Waals surface area contributed by atoms with Gasteiger partial charge in [-0.15, -0.1) is 0 Å². The average molecular weight is 191 g/mol. The Balaban J connectivity index is 2.92. The number of ether oxygens (including phenoxy) is 2. The first-order chi connectivity index (χ1) is 6.79. The molecule has 1 aromatic carbocycles. The van der Waals surface area contributed by atoms with E-state index in [9.17, 15) is 4.79 Å². The molecule has 0 saturated heterocycles. The predicted molar refractivity (Wildman–Crippen MR) is 48.9 cm³/mol. The number of hydrogen-bond donors (Lipinski definition) is 0. The first kappa shape index (κ1) is 10.1. The molecule has 0 aromatic heterocycles. The molecule has 0 unspecified atom stereocenters. The van der Waals surface area contributed by atoms with Crippen molar-refractivity contribution in [3.63, 3.8) is 0 Å². The van der Waals surface area contributed by atoms with Crippen molar-refractivity contribution in [2.45, 2.75) is 0 Å². The highest BCUT2D eigenvalue weighted by atomic mass is 16.5. The molecule has 0 spiro atoms. The molecular weight excluding hydrogens is 182 g/mol. The topological polar surface area (TPSA) is 59.3 Å². The summed E-state index contributed by atoms with van der Waals surface area (Å²) in [6, 6.07) is 8.44. The van der Waals surface area contributed by atoms with Crippen LogP contribution in [0.25, 0.3) is 0 Å². The molecule has 0 aliphatic rings. The number of carbonyl (C=O) groups excluding carboxylic acids is 1. The van der Waals surface area contributed by atoms with E-state index in [1.54, 1.807) is 24.3 Å². The summed E-state index contributed by atoms with van der Waals surface area (Å²) in [5.41, 5.74) is 0.324. The minimum atomic E-state index is -0.474. The van der Waals surface area contributed by atoms with Crippen LogP contribution in [0, 0.1) is 11.3 Å². The Labute approximate surface area is 81.7 Å². The van der Waals surface area contributed by atoms with Gasteiger partial charge in [0.25, 0.3) is 0 Å². The van der Waals surface area contributed by atoms with E-state index in [1.165, 1.54) is 7.11 Å². The van der Waals surface area contributed by atoms with Gasteiger partial charge >= 0.3 is 5.97 Å². The van der Waals surface area contributed by atoms with Crippen LogP contribution in [-0.4, -0.2) is 19.7 Å². The number of carbonyl (C=O) groups is 1. The molecule has 0 heterocycles. The molecule has 14 heavy (non-hydrogen) atoms. The van der Waals surface area contributed by atoms with E-state index >= 15 is 0 Å². The smallest absolute Gasteiger partial charge is 0.341 e. The zero-order valence-corrected chi connectivity index (χ0v) is 7.69. The Hall–Kier alpha value is -2.02. The van der Waals surface area contributed by atoms with E-state index in [0.717, 1.165) is 0 Å². The summed E-state index contributed by atoms with van der Waals surface area (Å²) in [5.74, 6) is -0.112. The van der Waals surface area contributed by atoms with Crippen molar-refractivity contribution in [3.05, 3.63) is 29.8 Å². The Bertz CT molecular complexity index is 368. The lowest BCUT2D eigenvalue weighted by molar-refractivity contribution is 0.0596. The van der Waals surface area contributed by atoms with E-state index < -0.39 is 5.97 Å². The summed E-state index contributed by atoms with van der Waals surface area (Å²) < 4.78 is 9.60. The Kier molecular flexibility index (Phi) is 3.50. The van der Waals surface area contributed by atoms with Crippen molar-refractivity contribution in [3.8, 4) is 11.8 Å².